The molecule has 1 N–H and O–H groups in total. The third-order valence-electron chi connectivity index (χ3n) is 2.29. The predicted molar refractivity (Wildman–Crippen MR) is 52.6 cm³/mol. The molecule has 0 aromatic heterocycles. The number of Topliss-reactive ketones (excluding diaryl/α,β-unsaturated/α-hetero) is 1. The summed E-state index contributed by atoms with van der Waals surface area (Å²) in [6.45, 7) is 3.26. The molecule has 0 amide bonds. The van der Waals surface area contributed by atoms with Gasteiger partial charge in [-0.3, -0.25) is 9.59 Å². The number of ketones is 1. The first-order valence-electron chi connectivity index (χ1n) is 4.34. The monoisotopic (exact) mass is 192 g/mol. The standard InChI is InChI=1S/C11H12O3/c1-7(8(2)13)9-3-4-10(6-12)11(14)5-9/h3-7,14H,1-2H3. The van der Waals surface area contributed by atoms with Gasteiger partial charge in [0.1, 0.15) is 11.5 Å². The first-order chi connectivity index (χ1) is 6.56. The Morgan fingerprint density at radius 2 is 2.14 bits per heavy atom. The van der Waals surface area contributed by atoms with E-state index >= 15 is 0 Å². The quantitative estimate of drug-likeness (QED) is 0.744. The average Bonchev–Trinajstić information content (AvgIpc) is 2.16. The number of hydrogen-bond acceptors (Lipinski definition) is 3. The first-order valence-corrected chi connectivity index (χ1v) is 4.34. The summed E-state index contributed by atoms with van der Waals surface area (Å²) >= 11 is 0. The number of phenols is 1. The molecule has 1 aromatic carbocycles. The van der Waals surface area contributed by atoms with Crippen LogP contribution < -0.4 is 0 Å². The molecule has 0 saturated heterocycles. The molecule has 0 aliphatic heterocycles. The molecule has 0 spiro atoms. The summed E-state index contributed by atoms with van der Waals surface area (Å²) in [7, 11) is 0. The molecular formula is C11H12O3. The largest absolute Gasteiger partial charge is 0.507 e. The fourth-order valence-electron chi connectivity index (χ4n) is 1.16. The van der Waals surface area contributed by atoms with E-state index in [2.05, 4.69) is 0 Å². The van der Waals surface area contributed by atoms with Crippen molar-refractivity contribution >= 4 is 12.1 Å². The molecule has 0 saturated carbocycles. The fourth-order valence-corrected chi connectivity index (χ4v) is 1.16. The third kappa shape index (κ3) is 1.99. The normalized spacial score (nSPS) is 12.1. The van der Waals surface area contributed by atoms with Crippen LogP contribution in [0.1, 0.15) is 35.7 Å². The van der Waals surface area contributed by atoms with Gasteiger partial charge < -0.3 is 5.11 Å². The summed E-state index contributed by atoms with van der Waals surface area (Å²) in [6, 6.07) is 4.64. The maximum Gasteiger partial charge on any atom is 0.153 e. The van der Waals surface area contributed by atoms with Gasteiger partial charge in [0, 0.05) is 5.92 Å². The lowest BCUT2D eigenvalue weighted by atomic mass is 9.96. The van der Waals surface area contributed by atoms with E-state index in [-0.39, 0.29) is 23.0 Å². The molecule has 1 aromatic rings. The van der Waals surface area contributed by atoms with Crippen molar-refractivity contribution in [3.05, 3.63) is 29.3 Å². The van der Waals surface area contributed by atoms with Crippen LogP contribution in [-0.2, 0) is 4.79 Å². The second kappa shape index (κ2) is 4.05. The zero-order valence-corrected chi connectivity index (χ0v) is 8.15. The van der Waals surface area contributed by atoms with Crippen molar-refractivity contribution in [1.29, 1.82) is 0 Å². The van der Waals surface area contributed by atoms with Crippen molar-refractivity contribution in [2.75, 3.05) is 0 Å². The van der Waals surface area contributed by atoms with Crippen LogP contribution in [-0.4, -0.2) is 17.2 Å². The van der Waals surface area contributed by atoms with Gasteiger partial charge in [-0.15, -0.1) is 0 Å². The fraction of sp³-hybridized carbons (Fsp3) is 0.273. The highest BCUT2D eigenvalue weighted by atomic mass is 16.3. The molecular weight excluding hydrogens is 180 g/mol. The molecule has 0 radical (unpaired) electrons. The van der Waals surface area contributed by atoms with Crippen molar-refractivity contribution in [2.45, 2.75) is 19.8 Å². The van der Waals surface area contributed by atoms with E-state index in [4.69, 9.17) is 0 Å². The average molecular weight is 192 g/mol. The Hall–Kier alpha value is -1.64. The van der Waals surface area contributed by atoms with Crippen molar-refractivity contribution < 1.29 is 14.7 Å². The molecule has 0 fully saturated rings. The Morgan fingerprint density at radius 1 is 1.50 bits per heavy atom. The van der Waals surface area contributed by atoms with E-state index in [0.29, 0.717) is 6.29 Å². The van der Waals surface area contributed by atoms with E-state index in [1.807, 2.05) is 0 Å². The molecule has 0 heterocycles. The molecule has 14 heavy (non-hydrogen) atoms. The first kappa shape index (κ1) is 10.4. The Balaban J connectivity index is 3.08. The Bertz CT molecular complexity index is 369. The lowest BCUT2D eigenvalue weighted by Crippen LogP contribution is -2.04. The smallest absolute Gasteiger partial charge is 0.153 e. The highest BCUT2D eigenvalue weighted by molar-refractivity contribution is 5.84. The van der Waals surface area contributed by atoms with Crippen molar-refractivity contribution in [3.8, 4) is 5.75 Å². The Morgan fingerprint density at radius 3 is 2.57 bits per heavy atom. The number of carbonyl (C=O) groups is 2. The maximum atomic E-state index is 11.1. The van der Waals surface area contributed by atoms with Crippen LogP contribution in [0.2, 0.25) is 0 Å². The number of benzene rings is 1. The number of hydrogen-bond donors (Lipinski definition) is 1. The van der Waals surface area contributed by atoms with Gasteiger partial charge in [-0.1, -0.05) is 13.0 Å². The minimum atomic E-state index is -0.249. The summed E-state index contributed by atoms with van der Waals surface area (Å²) in [5, 5.41) is 9.38. The summed E-state index contributed by atoms with van der Waals surface area (Å²) in [5.74, 6) is -0.296. The van der Waals surface area contributed by atoms with Gasteiger partial charge in [0.2, 0.25) is 0 Å². The zero-order chi connectivity index (χ0) is 10.7. The highest BCUT2D eigenvalue weighted by Gasteiger charge is 2.12. The van der Waals surface area contributed by atoms with Gasteiger partial charge in [0.05, 0.1) is 5.56 Å². The van der Waals surface area contributed by atoms with E-state index < -0.39 is 0 Å². The van der Waals surface area contributed by atoms with E-state index in [1.54, 1.807) is 13.0 Å². The Labute approximate surface area is 82.4 Å². The van der Waals surface area contributed by atoms with Gasteiger partial charge in [-0.05, 0) is 24.6 Å². The van der Waals surface area contributed by atoms with Crippen molar-refractivity contribution in [2.24, 2.45) is 0 Å². The molecule has 74 valence electrons. The maximum absolute atomic E-state index is 11.1. The lowest BCUT2D eigenvalue weighted by Gasteiger charge is -2.08. The minimum Gasteiger partial charge on any atom is -0.507 e. The summed E-state index contributed by atoms with van der Waals surface area (Å²) < 4.78 is 0. The Kier molecular flexibility index (Phi) is 3.02. The molecule has 1 rings (SSSR count). The van der Waals surface area contributed by atoms with Gasteiger partial charge in [-0.25, -0.2) is 0 Å². The number of aldehydes is 1. The summed E-state index contributed by atoms with van der Waals surface area (Å²) in [4.78, 5) is 21.5. The summed E-state index contributed by atoms with van der Waals surface area (Å²) in [6.07, 6.45) is 0.581. The molecule has 3 nitrogen and oxygen atoms in total. The molecule has 0 aliphatic carbocycles. The zero-order valence-electron chi connectivity index (χ0n) is 8.15. The van der Waals surface area contributed by atoms with Gasteiger partial charge in [0.25, 0.3) is 0 Å². The van der Waals surface area contributed by atoms with Crippen LogP contribution in [0, 0.1) is 0 Å². The van der Waals surface area contributed by atoms with Gasteiger partial charge >= 0.3 is 0 Å². The van der Waals surface area contributed by atoms with E-state index in [1.165, 1.54) is 19.1 Å². The van der Waals surface area contributed by atoms with E-state index in [0.717, 1.165) is 5.56 Å². The SMILES string of the molecule is CC(=O)C(C)c1ccc(C=O)c(O)c1. The molecule has 0 bridgehead atoms. The van der Waals surface area contributed by atoms with Crippen LogP contribution in [0.5, 0.6) is 5.75 Å². The second-order valence-corrected chi connectivity index (χ2v) is 3.27. The lowest BCUT2D eigenvalue weighted by molar-refractivity contribution is -0.118. The van der Waals surface area contributed by atoms with Crippen LogP contribution in [0.15, 0.2) is 18.2 Å². The van der Waals surface area contributed by atoms with Crippen molar-refractivity contribution in [3.63, 3.8) is 0 Å². The third-order valence-corrected chi connectivity index (χ3v) is 2.29. The number of carbonyl (C=O) groups excluding carboxylic acids is 2. The van der Waals surface area contributed by atoms with Crippen LogP contribution in [0.25, 0.3) is 0 Å². The minimum absolute atomic E-state index is 0.0308. The van der Waals surface area contributed by atoms with Crippen LogP contribution >= 0.6 is 0 Å². The topological polar surface area (TPSA) is 54.4 Å². The van der Waals surface area contributed by atoms with Crippen LogP contribution in [0.3, 0.4) is 0 Å². The molecule has 0 aliphatic rings. The molecule has 1 atom stereocenters. The second-order valence-electron chi connectivity index (χ2n) is 3.27. The highest BCUT2D eigenvalue weighted by Crippen LogP contribution is 2.23. The summed E-state index contributed by atoms with van der Waals surface area (Å²) in [5.41, 5.74) is 0.963. The predicted octanol–water partition coefficient (Wildman–Crippen LogP) is 1.90. The van der Waals surface area contributed by atoms with E-state index in [9.17, 15) is 14.7 Å². The van der Waals surface area contributed by atoms with Crippen molar-refractivity contribution in [1.82, 2.24) is 0 Å². The van der Waals surface area contributed by atoms with Gasteiger partial charge in [0.15, 0.2) is 6.29 Å². The van der Waals surface area contributed by atoms with Gasteiger partial charge in [-0.2, -0.15) is 0 Å². The number of rotatable bonds is 3. The van der Waals surface area contributed by atoms with Crippen LogP contribution in [0.4, 0.5) is 0 Å². The number of phenolic OH excluding ortho intramolecular Hbond substituents is 1. The molecule has 3 heteroatoms. The molecule has 1 unspecified atom stereocenters. The number of aromatic hydroxyl groups is 1.